The predicted molar refractivity (Wildman–Crippen MR) is 66.2 cm³/mol. The van der Waals surface area contributed by atoms with Gasteiger partial charge >= 0.3 is 0 Å². The molecule has 0 atom stereocenters. The third-order valence-corrected chi connectivity index (χ3v) is 3.61. The van der Waals surface area contributed by atoms with Gasteiger partial charge < -0.3 is 0 Å². The summed E-state index contributed by atoms with van der Waals surface area (Å²) < 4.78 is 39.2. The van der Waals surface area contributed by atoms with Crippen molar-refractivity contribution in [2.45, 2.75) is 4.90 Å². The summed E-state index contributed by atoms with van der Waals surface area (Å²) in [6, 6.07) is 8.83. The molecule has 0 saturated carbocycles. The monoisotopic (exact) mass is 277 g/mol. The van der Waals surface area contributed by atoms with Gasteiger partial charge in [0.1, 0.15) is 16.8 Å². The van der Waals surface area contributed by atoms with Gasteiger partial charge in [0, 0.05) is 6.20 Å². The maximum atomic E-state index is 13.0. The first kappa shape index (κ1) is 13.0. The van der Waals surface area contributed by atoms with Crippen molar-refractivity contribution in [1.29, 1.82) is 5.26 Å². The molecule has 0 fully saturated rings. The van der Waals surface area contributed by atoms with Gasteiger partial charge in [0.25, 0.3) is 10.0 Å². The third kappa shape index (κ3) is 2.86. The average molecular weight is 277 g/mol. The Bertz CT molecular complexity index is 754. The number of nitriles is 1. The fraction of sp³-hybridized carbons (Fsp3) is 0. The number of hydrogen-bond acceptors (Lipinski definition) is 4. The van der Waals surface area contributed by atoms with Crippen LogP contribution in [0.25, 0.3) is 0 Å². The number of benzene rings is 1. The second-order valence-electron chi connectivity index (χ2n) is 3.60. The Kier molecular flexibility index (Phi) is 3.44. The second kappa shape index (κ2) is 5.04. The largest absolute Gasteiger partial charge is 0.278 e. The van der Waals surface area contributed by atoms with E-state index in [1.807, 2.05) is 6.07 Å². The number of nitrogens with one attached hydrogen (secondary N) is 1. The van der Waals surface area contributed by atoms with E-state index >= 15 is 0 Å². The summed E-state index contributed by atoms with van der Waals surface area (Å²) in [5.41, 5.74) is 0.310. The van der Waals surface area contributed by atoms with Gasteiger partial charge in [0.15, 0.2) is 0 Å². The van der Waals surface area contributed by atoms with Crippen LogP contribution in [0.3, 0.4) is 0 Å². The number of aromatic nitrogens is 1. The van der Waals surface area contributed by atoms with Gasteiger partial charge in [-0.15, -0.1) is 0 Å². The van der Waals surface area contributed by atoms with Crippen molar-refractivity contribution in [3.8, 4) is 6.07 Å². The van der Waals surface area contributed by atoms with Gasteiger partial charge in [0.2, 0.25) is 0 Å². The van der Waals surface area contributed by atoms with Crippen molar-refractivity contribution in [3.05, 3.63) is 54.1 Å². The molecule has 19 heavy (non-hydrogen) atoms. The average Bonchev–Trinajstić information content (AvgIpc) is 2.39. The highest BCUT2D eigenvalue weighted by Gasteiger charge is 2.16. The Balaban J connectivity index is 2.40. The van der Waals surface area contributed by atoms with E-state index in [-0.39, 0.29) is 16.1 Å². The number of nitrogens with zero attached hydrogens (tertiary/aromatic N) is 2. The Morgan fingerprint density at radius 3 is 2.68 bits per heavy atom. The highest BCUT2D eigenvalue weighted by molar-refractivity contribution is 7.92. The molecule has 0 aliphatic heterocycles. The third-order valence-electron chi connectivity index (χ3n) is 2.28. The molecule has 0 aliphatic rings. The van der Waals surface area contributed by atoms with Crippen LogP contribution in [0.1, 0.15) is 5.56 Å². The van der Waals surface area contributed by atoms with Crippen LogP contribution in [0.15, 0.2) is 47.6 Å². The lowest BCUT2D eigenvalue weighted by Gasteiger charge is -2.08. The molecule has 2 aromatic rings. The molecule has 1 heterocycles. The molecule has 7 heteroatoms. The molecular weight excluding hydrogens is 269 g/mol. The number of para-hydroxylation sites is 1. The van der Waals surface area contributed by atoms with Crippen LogP contribution in [0.2, 0.25) is 0 Å². The molecule has 0 aliphatic carbocycles. The van der Waals surface area contributed by atoms with Gasteiger partial charge in [-0.1, -0.05) is 12.1 Å². The van der Waals surface area contributed by atoms with E-state index in [1.54, 1.807) is 12.1 Å². The molecule has 1 aromatic heterocycles. The highest BCUT2D eigenvalue weighted by atomic mass is 32.2. The number of pyridine rings is 1. The minimum Gasteiger partial charge on any atom is -0.278 e. The summed E-state index contributed by atoms with van der Waals surface area (Å²) >= 11 is 0. The zero-order valence-corrected chi connectivity index (χ0v) is 10.4. The lowest BCUT2D eigenvalue weighted by Crippen LogP contribution is -2.14. The van der Waals surface area contributed by atoms with E-state index in [2.05, 4.69) is 9.71 Å². The summed E-state index contributed by atoms with van der Waals surface area (Å²) in [5, 5.41) is 8.87. The number of hydrogen-bond donors (Lipinski definition) is 1. The zero-order valence-electron chi connectivity index (χ0n) is 9.54. The molecular formula is C12H8FN3O2S. The number of halogens is 1. The number of anilines is 1. The molecule has 5 nitrogen and oxygen atoms in total. The first-order chi connectivity index (χ1) is 9.03. The maximum absolute atomic E-state index is 13.0. The highest BCUT2D eigenvalue weighted by Crippen LogP contribution is 2.19. The van der Waals surface area contributed by atoms with E-state index < -0.39 is 15.8 Å². The van der Waals surface area contributed by atoms with E-state index in [1.165, 1.54) is 12.1 Å². The van der Waals surface area contributed by atoms with Gasteiger partial charge in [0.05, 0.1) is 17.4 Å². The molecule has 96 valence electrons. The van der Waals surface area contributed by atoms with Crippen LogP contribution in [0, 0.1) is 17.1 Å². The smallest absolute Gasteiger partial charge is 0.263 e. The first-order valence-electron chi connectivity index (χ1n) is 5.15. The van der Waals surface area contributed by atoms with Gasteiger partial charge in [-0.2, -0.15) is 5.26 Å². The molecule has 0 spiro atoms. The van der Waals surface area contributed by atoms with Crippen molar-refractivity contribution >= 4 is 15.7 Å². The molecule has 0 saturated heterocycles. The van der Waals surface area contributed by atoms with Crippen LogP contribution in [-0.4, -0.2) is 13.4 Å². The molecule has 0 radical (unpaired) electrons. The number of sulfonamides is 1. The van der Waals surface area contributed by atoms with E-state index in [0.29, 0.717) is 0 Å². The molecule has 1 aromatic carbocycles. The second-order valence-corrected chi connectivity index (χ2v) is 5.28. The van der Waals surface area contributed by atoms with Gasteiger partial charge in [-0.05, 0) is 18.2 Å². The lowest BCUT2D eigenvalue weighted by atomic mass is 10.2. The zero-order chi connectivity index (χ0) is 13.9. The molecule has 0 unspecified atom stereocenters. The summed E-state index contributed by atoms with van der Waals surface area (Å²) in [4.78, 5) is 3.17. The van der Waals surface area contributed by atoms with Crippen LogP contribution in [0.4, 0.5) is 10.1 Å². The van der Waals surface area contributed by atoms with Gasteiger partial charge in [-0.3, -0.25) is 9.71 Å². The predicted octanol–water partition coefficient (Wildman–Crippen LogP) is 1.89. The van der Waals surface area contributed by atoms with Crippen molar-refractivity contribution in [2.75, 3.05) is 4.72 Å². The van der Waals surface area contributed by atoms with E-state index in [4.69, 9.17) is 5.26 Å². The quantitative estimate of drug-likeness (QED) is 0.928. The molecule has 1 N–H and O–H groups in total. The Labute approximate surface area is 109 Å². The molecule has 0 amide bonds. The minimum atomic E-state index is -3.97. The van der Waals surface area contributed by atoms with Crippen molar-refractivity contribution in [2.24, 2.45) is 0 Å². The van der Waals surface area contributed by atoms with Crippen LogP contribution < -0.4 is 4.72 Å². The number of rotatable bonds is 3. The van der Waals surface area contributed by atoms with Crippen molar-refractivity contribution < 1.29 is 12.8 Å². The summed E-state index contributed by atoms with van der Waals surface area (Å²) in [5.74, 6) is -0.753. The summed E-state index contributed by atoms with van der Waals surface area (Å²) in [6.07, 6.45) is 1.93. The van der Waals surface area contributed by atoms with E-state index in [0.717, 1.165) is 18.5 Å². The normalized spacial score (nSPS) is 10.7. The topological polar surface area (TPSA) is 82.9 Å². The minimum absolute atomic E-state index is 0.134. The summed E-state index contributed by atoms with van der Waals surface area (Å²) in [6.45, 7) is 0. The van der Waals surface area contributed by atoms with Crippen molar-refractivity contribution in [3.63, 3.8) is 0 Å². The summed E-state index contributed by atoms with van der Waals surface area (Å²) in [7, 11) is -3.97. The van der Waals surface area contributed by atoms with Crippen LogP contribution >= 0.6 is 0 Å². The molecule has 2 rings (SSSR count). The Morgan fingerprint density at radius 1 is 1.26 bits per heavy atom. The fourth-order valence-electron chi connectivity index (χ4n) is 1.41. The fourth-order valence-corrected chi connectivity index (χ4v) is 2.47. The molecule has 0 bridgehead atoms. The Morgan fingerprint density at radius 2 is 2.00 bits per heavy atom. The first-order valence-corrected chi connectivity index (χ1v) is 6.64. The Hall–Kier alpha value is -2.46. The van der Waals surface area contributed by atoms with Crippen LogP contribution in [0.5, 0.6) is 0 Å². The van der Waals surface area contributed by atoms with Crippen molar-refractivity contribution in [1.82, 2.24) is 4.98 Å². The van der Waals surface area contributed by atoms with E-state index in [9.17, 15) is 12.8 Å². The van der Waals surface area contributed by atoms with Crippen LogP contribution in [-0.2, 0) is 10.0 Å². The SMILES string of the molecule is N#Cc1ccccc1NS(=O)(=O)c1cncc(F)c1. The van der Waals surface area contributed by atoms with Gasteiger partial charge in [-0.25, -0.2) is 12.8 Å². The standard InChI is InChI=1S/C12H8FN3O2S/c13-10-5-11(8-15-7-10)19(17,18)16-12-4-2-1-3-9(12)6-14/h1-5,7-8,16H. The lowest BCUT2D eigenvalue weighted by molar-refractivity contribution is 0.592. The maximum Gasteiger partial charge on any atom is 0.263 e.